The summed E-state index contributed by atoms with van der Waals surface area (Å²) in [7, 11) is 0. The smallest absolute Gasteiger partial charge is 0.302 e. The molecule has 3 rings (SSSR count). The van der Waals surface area contributed by atoms with Crippen molar-refractivity contribution in [2.75, 3.05) is 9.80 Å². The highest BCUT2D eigenvalue weighted by Gasteiger charge is 2.52. The van der Waals surface area contributed by atoms with Gasteiger partial charge in [-0.05, 0) is 63.2 Å². The van der Waals surface area contributed by atoms with E-state index in [1.807, 2.05) is 47.6 Å². The number of carbonyl (C=O) groups excluding carboxylic acids is 1. The first kappa shape index (κ1) is 39.3. The van der Waals surface area contributed by atoms with E-state index in [2.05, 4.69) is 18.1 Å². The van der Waals surface area contributed by atoms with E-state index in [1.54, 1.807) is 12.1 Å². The summed E-state index contributed by atoms with van der Waals surface area (Å²) in [5.41, 5.74) is -3.57. The lowest BCUT2D eigenvalue weighted by Gasteiger charge is -2.29. The molecule has 1 aromatic heterocycles. The third-order valence-electron chi connectivity index (χ3n) is 5.22. The number of hydrogen-bond donors (Lipinski definition) is 0. The van der Waals surface area contributed by atoms with Crippen molar-refractivity contribution in [2.45, 2.75) is 86.4 Å². The fourth-order valence-corrected chi connectivity index (χ4v) is 4.11. The molecular formula is C30H39F4N5OS. The lowest BCUT2D eigenvalue weighted by atomic mass is 10.0. The van der Waals surface area contributed by atoms with Crippen LogP contribution in [0.3, 0.4) is 0 Å². The average Bonchev–Trinajstić information content (AvgIpc) is 3.15. The summed E-state index contributed by atoms with van der Waals surface area (Å²) in [6.45, 7) is 21.0. The largest absolute Gasteiger partial charge is 0.420 e. The molecule has 2 aromatic rings. The second-order valence-corrected chi connectivity index (χ2v) is 8.13. The number of thiocarbonyl (C=S) groups is 1. The summed E-state index contributed by atoms with van der Waals surface area (Å²) >= 11 is 5.38. The van der Waals surface area contributed by atoms with Gasteiger partial charge in [0.1, 0.15) is 11.1 Å². The van der Waals surface area contributed by atoms with Crippen LogP contribution < -0.4 is 9.80 Å². The van der Waals surface area contributed by atoms with Crippen molar-refractivity contribution in [3.63, 3.8) is 0 Å². The Bertz CT molecular complexity index is 1220. The second-order valence-electron chi connectivity index (χ2n) is 7.77. The number of benzene rings is 1. The molecule has 41 heavy (non-hydrogen) atoms. The molecule has 0 saturated carbocycles. The molecule has 0 aliphatic carbocycles. The number of nitrogens with zero attached hydrogens (tertiary/aromatic N) is 5. The van der Waals surface area contributed by atoms with Gasteiger partial charge < -0.3 is 4.90 Å². The molecule has 6 nitrogen and oxygen atoms in total. The van der Waals surface area contributed by atoms with Gasteiger partial charge in [-0.2, -0.15) is 23.7 Å². The van der Waals surface area contributed by atoms with Crippen molar-refractivity contribution in [3.05, 3.63) is 66.3 Å². The van der Waals surface area contributed by atoms with Crippen molar-refractivity contribution < 1.29 is 22.4 Å². The molecule has 0 atom stereocenters. The fraction of sp³-hybridized carbons (Fsp3) is 0.433. The SMILES string of the molecule is C=C.CC.CC.CC.CC1(C)C(=O)N(c2ccc(C#N)c(C(F)(F)F)c2F)C(=S)N1c1ccc(CCCC#N)nc1. The van der Waals surface area contributed by atoms with Crippen LogP contribution in [-0.4, -0.2) is 21.5 Å². The topological polar surface area (TPSA) is 84.0 Å². The number of aryl methyl sites for hydroxylation is 1. The van der Waals surface area contributed by atoms with Crippen LogP contribution in [0.1, 0.15) is 85.1 Å². The Kier molecular flexibility index (Phi) is 17.7. The summed E-state index contributed by atoms with van der Waals surface area (Å²) in [5, 5.41) is 17.4. The van der Waals surface area contributed by atoms with Crippen LogP contribution in [0.25, 0.3) is 0 Å². The molecular weight excluding hydrogens is 554 g/mol. The number of halogens is 4. The molecule has 0 radical (unpaired) electrons. The van der Waals surface area contributed by atoms with Gasteiger partial charge in [-0.25, -0.2) is 4.39 Å². The minimum atomic E-state index is -5.14. The first-order valence-corrected chi connectivity index (χ1v) is 13.7. The summed E-state index contributed by atoms with van der Waals surface area (Å²) in [4.78, 5) is 19.6. The molecule has 1 fully saturated rings. The summed E-state index contributed by atoms with van der Waals surface area (Å²) in [6, 6.07) is 8.46. The molecule has 1 amide bonds. The first-order chi connectivity index (χ1) is 19.4. The van der Waals surface area contributed by atoms with Gasteiger partial charge in [-0.15, -0.1) is 13.2 Å². The molecule has 0 bridgehead atoms. The summed E-state index contributed by atoms with van der Waals surface area (Å²) in [6.07, 6.45) is -2.10. The number of rotatable bonds is 5. The predicted molar refractivity (Wildman–Crippen MR) is 161 cm³/mol. The molecule has 224 valence electrons. The van der Waals surface area contributed by atoms with Crippen LogP contribution in [0.4, 0.5) is 28.9 Å². The first-order valence-electron chi connectivity index (χ1n) is 13.3. The zero-order valence-corrected chi connectivity index (χ0v) is 25.8. The number of carbonyl (C=O) groups is 1. The third kappa shape index (κ3) is 9.09. The number of amides is 1. The van der Waals surface area contributed by atoms with Gasteiger partial charge in [0.05, 0.1) is 35.3 Å². The molecule has 2 heterocycles. The van der Waals surface area contributed by atoms with E-state index in [9.17, 15) is 18.0 Å². The van der Waals surface area contributed by atoms with Crippen LogP contribution in [0.15, 0.2) is 43.6 Å². The van der Waals surface area contributed by atoms with Crippen LogP contribution in [-0.2, 0) is 17.4 Å². The highest BCUT2D eigenvalue weighted by atomic mass is 32.1. The van der Waals surface area contributed by atoms with Crippen molar-refractivity contribution in [2.24, 2.45) is 0 Å². The number of alkyl halides is 3. The number of anilines is 2. The summed E-state index contributed by atoms with van der Waals surface area (Å²) in [5.74, 6) is -2.48. The fourth-order valence-electron chi connectivity index (χ4n) is 3.59. The van der Waals surface area contributed by atoms with Crippen molar-refractivity contribution in [1.29, 1.82) is 10.5 Å². The van der Waals surface area contributed by atoms with Gasteiger partial charge in [0.25, 0.3) is 5.91 Å². The minimum Gasteiger partial charge on any atom is -0.302 e. The predicted octanol–water partition coefficient (Wildman–Crippen LogP) is 8.75. The number of pyridine rings is 1. The van der Waals surface area contributed by atoms with Gasteiger partial charge in [0.2, 0.25) is 0 Å². The molecule has 1 aliphatic heterocycles. The Hall–Kier alpha value is -3.83. The Balaban J connectivity index is 0. The van der Waals surface area contributed by atoms with Gasteiger partial charge in [0.15, 0.2) is 10.9 Å². The van der Waals surface area contributed by atoms with E-state index in [0.717, 1.165) is 12.1 Å². The molecule has 1 aromatic carbocycles. The lowest BCUT2D eigenvalue weighted by Crippen LogP contribution is -2.44. The van der Waals surface area contributed by atoms with E-state index in [-0.39, 0.29) is 5.11 Å². The number of hydrogen-bond acceptors (Lipinski definition) is 5. The van der Waals surface area contributed by atoms with E-state index >= 15 is 4.39 Å². The molecule has 0 N–H and O–H groups in total. The Morgan fingerprint density at radius 1 is 1.02 bits per heavy atom. The van der Waals surface area contributed by atoms with E-state index in [4.69, 9.17) is 22.7 Å². The third-order valence-corrected chi connectivity index (χ3v) is 5.59. The standard InChI is InChI=1S/C22H17F4N5OS.3C2H6.C2H4/c1-21(2)19(32)30(16-9-6-13(11-28)17(18(16)23)22(24,25)26)20(33)31(21)15-8-7-14(29-12-15)5-3-4-10-27;4*1-2/h6-9,12H,3-5H2,1-2H3;3*1-2H3;1-2H2. The highest BCUT2D eigenvalue weighted by molar-refractivity contribution is 7.81. The average molecular weight is 594 g/mol. The Labute approximate surface area is 246 Å². The van der Waals surface area contributed by atoms with Crippen LogP contribution in [0, 0.1) is 28.5 Å². The van der Waals surface area contributed by atoms with Gasteiger partial charge in [-0.3, -0.25) is 14.7 Å². The lowest BCUT2D eigenvalue weighted by molar-refractivity contribution is -0.140. The summed E-state index contributed by atoms with van der Waals surface area (Å²) < 4.78 is 55.3. The second kappa shape index (κ2) is 18.5. The monoisotopic (exact) mass is 593 g/mol. The quantitative estimate of drug-likeness (QED) is 0.149. The molecule has 1 aliphatic rings. The number of aromatic nitrogens is 1. The number of nitriles is 2. The normalized spacial score (nSPS) is 13.0. The zero-order chi connectivity index (χ0) is 32.6. The van der Waals surface area contributed by atoms with Crippen LogP contribution in [0.2, 0.25) is 0 Å². The maximum atomic E-state index is 15.0. The molecule has 0 spiro atoms. The van der Waals surface area contributed by atoms with E-state index in [0.29, 0.717) is 35.5 Å². The van der Waals surface area contributed by atoms with Crippen molar-refractivity contribution in [1.82, 2.24) is 4.98 Å². The molecule has 0 unspecified atom stereocenters. The molecule has 1 saturated heterocycles. The Morgan fingerprint density at radius 2 is 1.59 bits per heavy atom. The molecule has 11 heteroatoms. The zero-order valence-electron chi connectivity index (χ0n) is 25.0. The van der Waals surface area contributed by atoms with Gasteiger partial charge in [-0.1, -0.05) is 41.5 Å². The van der Waals surface area contributed by atoms with Gasteiger partial charge in [0, 0.05) is 12.1 Å². The van der Waals surface area contributed by atoms with Crippen molar-refractivity contribution >= 4 is 34.6 Å². The van der Waals surface area contributed by atoms with Gasteiger partial charge >= 0.3 is 6.18 Å². The number of unbranched alkanes of at least 4 members (excludes halogenated alkanes) is 1. The highest BCUT2D eigenvalue weighted by Crippen LogP contribution is 2.41. The maximum Gasteiger partial charge on any atom is 0.420 e. The van der Waals surface area contributed by atoms with E-state index < -0.39 is 40.3 Å². The van der Waals surface area contributed by atoms with Crippen LogP contribution >= 0.6 is 12.2 Å². The van der Waals surface area contributed by atoms with Crippen LogP contribution in [0.5, 0.6) is 0 Å². The Morgan fingerprint density at radius 3 is 2.02 bits per heavy atom. The minimum absolute atomic E-state index is 0.222. The maximum absolute atomic E-state index is 15.0. The van der Waals surface area contributed by atoms with Crippen molar-refractivity contribution in [3.8, 4) is 12.1 Å². The van der Waals surface area contributed by atoms with E-state index in [1.165, 1.54) is 31.0 Å².